The molecule has 0 unspecified atom stereocenters. The molecule has 0 bridgehead atoms. The van der Waals surface area contributed by atoms with Crippen LogP contribution < -0.4 is 9.64 Å². The molecule has 0 N–H and O–H groups in total. The fourth-order valence-electron chi connectivity index (χ4n) is 2.16. The number of fused-ring (bicyclic) bond motifs is 1. The van der Waals surface area contributed by atoms with Gasteiger partial charge < -0.3 is 4.74 Å². The van der Waals surface area contributed by atoms with Crippen LogP contribution in [0, 0.1) is 25.1 Å². The topological polar surface area (TPSA) is 59.5 Å². The average molecular weight is 351 g/mol. The molecule has 0 fully saturated rings. The molecule has 0 saturated heterocycles. The van der Waals surface area contributed by atoms with E-state index in [0.717, 1.165) is 22.3 Å². The van der Waals surface area contributed by atoms with Crippen molar-refractivity contribution in [1.29, 1.82) is 0 Å². The van der Waals surface area contributed by atoms with Gasteiger partial charge in [-0.2, -0.15) is 0 Å². The highest BCUT2D eigenvalue weighted by Crippen LogP contribution is 2.37. The van der Waals surface area contributed by atoms with Crippen molar-refractivity contribution < 1.29 is 18.7 Å². The number of ether oxygens (including phenoxy) is 1. The van der Waals surface area contributed by atoms with Crippen molar-refractivity contribution in [3.05, 3.63) is 38.6 Å². The lowest BCUT2D eigenvalue weighted by Gasteiger charge is -2.16. The van der Waals surface area contributed by atoms with E-state index in [-0.39, 0.29) is 33.6 Å². The van der Waals surface area contributed by atoms with E-state index in [1.807, 2.05) is 0 Å². The highest BCUT2D eigenvalue weighted by Gasteiger charge is 2.41. The van der Waals surface area contributed by atoms with Gasteiger partial charge in [0, 0.05) is 6.07 Å². The van der Waals surface area contributed by atoms with Crippen LogP contribution >= 0.6 is 22.9 Å². The van der Waals surface area contributed by atoms with Gasteiger partial charge in [0.05, 0.1) is 15.7 Å². The van der Waals surface area contributed by atoms with Gasteiger partial charge in [-0.1, -0.05) is 17.5 Å². The standard InChI is InChI=1S/C15H8ClFN2O3S/c1-3-4-22-11-6-10(9(17)5-8(11)16)19-14(20)12-13(15(19)21)23-7(2)18-12/h1,5-6H,4H2,2H3. The number of terminal acetylenes is 1. The number of thiazole rings is 1. The molecule has 0 radical (unpaired) electrons. The molecular weight excluding hydrogens is 343 g/mol. The van der Waals surface area contributed by atoms with E-state index in [4.69, 9.17) is 22.8 Å². The maximum atomic E-state index is 14.2. The maximum Gasteiger partial charge on any atom is 0.285 e. The second-order valence-corrected chi connectivity index (χ2v) is 6.19. The van der Waals surface area contributed by atoms with E-state index in [1.165, 1.54) is 6.07 Å². The minimum atomic E-state index is -0.823. The number of carbonyl (C=O) groups is 2. The van der Waals surface area contributed by atoms with Crippen LogP contribution in [0.5, 0.6) is 5.75 Å². The molecule has 0 aliphatic carbocycles. The van der Waals surface area contributed by atoms with Gasteiger partial charge in [0.15, 0.2) is 5.69 Å². The predicted molar refractivity (Wildman–Crippen MR) is 83.7 cm³/mol. The van der Waals surface area contributed by atoms with Crippen molar-refractivity contribution >= 4 is 40.4 Å². The Kier molecular flexibility index (Phi) is 3.80. The number of rotatable bonds is 3. The Balaban J connectivity index is 2.06. The van der Waals surface area contributed by atoms with E-state index in [1.54, 1.807) is 6.92 Å². The summed E-state index contributed by atoms with van der Waals surface area (Å²) in [7, 11) is 0. The number of hydrogen-bond acceptors (Lipinski definition) is 5. The van der Waals surface area contributed by atoms with Gasteiger partial charge in [-0.3, -0.25) is 9.59 Å². The number of imide groups is 1. The van der Waals surface area contributed by atoms with Gasteiger partial charge in [0.1, 0.15) is 23.1 Å². The lowest BCUT2D eigenvalue weighted by molar-refractivity contribution is 0.0924. The number of aryl methyl sites for hydroxylation is 1. The summed E-state index contributed by atoms with van der Waals surface area (Å²) in [5.41, 5.74) is -0.225. The molecule has 5 nitrogen and oxygen atoms in total. The summed E-state index contributed by atoms with van der Waals surface area (Å²) in [6.45, 7) is 1.60. The molecule has 23 heavy (non-hydrogen) atoms. The number of carbonyl (C=O) groups excluding carboxylic acids is 2. The average Bonchev–Trinajstić information content (AvgIpc) is 2.98. The zero-order valence-corrected chi connectivity index (χ0v) is 13.3. The Morgan fingerprint density at radius 1 is 1.43 bits per heavy atom. The smallest absolute Gasteiger partial charge is 0.285 e. The Morgan fingerprint density at radius 2 is 2.17 bits per heavy atom. The van der Waals surface area contributed by atoms with E-state index in [0.29, 0.717) is 5.01 Å². The Hall–Kier alpha value is -2.43. The molecule has 1 aromatic carbocycles. The third kappa shape index (κ3) is 2.46. The van der Waals surface area contributed by atoms with Crippen LogP contribution in [-0.2, 0) is 0 Å². The molecule has 0 atom stereocenters. The number of nitrogens with zero attached hydrogens (tertiary/aromatic N) is 2. The number of benzene rings is 1. The van der Waals surface area contributed by atoms with Crippen LogP contribution in [0.2, 0.25) is 5.02 Å². The summed E-state index contributed by atoms with van der Waals surface area (Å²) < 4.78 is 19.4. The monoisotopic (exact) mass is 350 g/mol. The van der Waals surface area contributed by atoms with E-state index < -0.39 is 17.6 Å². The first kappa shape index (κ1) is 15.5. The number of halogens is 2. The maximum absolute atomic E-state index is 14.2. The molecule has 1 aromatic heterocycles. The quantitative estimate of drug-likeness (QED) is 0.630. The lowest BCUT2D eigenvalue weighted by atomic mass is 10.2. The Labute approximate surface area is 139 Å². The SMILES string of the molecule is C#CCOc1cc(N2C(=O)c3nc(C)sc3C2=O)c(F)cc1Cl. The lowest BCUT2D eigenvalue weighted by Crippen LogP contribution is -2.30. The van der Waals surface area contributed by atoms with Crippen LogP contribution in [-0.4, -0.2) is 23.4 Å². The molecule has 1 aliphatic rings. The second-order valence-electron chi connectivity index (χ2n) is 4.58. The first-order valence-electron chi connectivity index (χ1n) is 6.35. The molecule has 0 spiro atoms. The van der Waals surface area contributed by atoms with Gasteiger partial charge in [0.2, 0.25) is 0 Å². The van der Waals surface area contributed by atoms with Gasteiger partial charge >= 0.3 is 0 Å². The van der Waals surface area contributed by atoms with Crippen molar-refractivity contribution in [2.24, 2.45) is 0 Å². The highest BCUT2D eigenvalue weighted by atomic mass is 35.5. The van der Waals surface area contributed by atoms with Crippen molar-refractivity contribution in [3.63, 3.8) is 0 Å². The van der Waals surface area contributed by atoms with Crippen LogP contribution in [0.15, 0.2) is 12.1 Å². The van der Waals surface area contributed by atoms with E-state index in [2.05, 4.69) is 10.9 Å². The molecule has 2 heterocycles. The van der Waals surface area contributed by atoms with Crippen LogP contribution in [0.3, 0.4) is 0 Å². The van der Waals surface area contributed by atoms with Crippen molar-refractivity contribution in [2.45, 2.75) is 6.92 Å². The molecule has 1 aliphatic heterocycles. The number of amides is 2. The molecule has 0 saturated carbocycles. The summed E-state index contributed by atoms with van der Waals surface area (Å²) in [5.74, 6) is 0.205. The minimum absolute atomic E-state index is 0.00987. The Morgan fingerprint density at radius 3 is 2.83 bits per heavy atom. The van der Waals surface area contributed by atoms with Crippen LogP contribution in [0.25, 0.3) is 0 Å². The zero-order valence-electron chi connectivity index (χ0n) is 11.7. The van der Waals surface area contributed by atoms with Gasteiger partial charge in [-0.25, -0.2) is 14.3 Å². The molecule has 2 aromatic rings. The van der Waals surface area contributed by atoms with Gasteiger partial charge in [0.25, 0.3) is 11.8 Å². The van der Waals surface area contributed by atoms with E-state index >= 15 is 0 Å². The van der Waals surface area contributed by atoms with Crippen molar-refractivity contribution in [2.75, 3.05) is 11.5 Å². The summed E-state index contributed by atoms with van der Waals surface area (Å²) in [6, 6.07) is 2.14. The van der Waals surface area contributed by atoms with Crippen LogP contribution in [0.4, 0.5) is 10.1 Å². The third-order valence-electron chi connectivity index (χ3n) is 3.09. The number of anilines is 1. The summed E-state index contributed by atoms with van der Waals surface area (Å²) >= 11 is 6.96. The van der Waals surface area contributed by atoms with Crippen molar-refractivity contribution in [1.82, 2.24) is 4.98 Å². The highest BCUT2D eigenvalue weighted by molar-refractivity contribution is 7.14. The first-order chi connectivity index (χ1) is 10.9. The number of hydrogen-bond donors (Lipinski definition) is 0. The minimum Gasteiger partial charge on any atom is -0.479 e. The molecule has 8 heteroatoms. The summed E-state index contributed by atoms with van der Waals surface area (Å²) in [5, 5.41) is 0.579. The van der Waals surface area contributed by atoms with E-state index in [9.17, 15) is 14.0 Å². The molecular formula is C15H8ClFN2O3S. The number of aromatic nitrogens is 1. The fourth-order valence-corrected chi connectivity index (χ4v) is 3.20. The van der Waals surface area contributed by atoms with Crippen molar-refractivity contribution in [3.8, 4) is 18.1 Å². The summed E-state index contributed by atoms with van der Waals surface area (Å²) in [6.07, 6.45) is 5.10. The Bertz CT molecular complexity index is 854. The van der Waals surface area contributed by atoms with Gasteiger partial charge in [-0.05, 0) is 13.0 Å². The first-order valence-corrected chi connectivity index (χ1v) is 7.55. The second kappa shape index (κ2) is 5.65. The fraction of sp³-hybridized carbons (Fsp3) is 0.133. The third-order valence-corrected chi connectivity index (χ3v) is 4.34. The van der Waals surface area contributed by atoms with Gasteiger partial charge in [-0.15, -0.1) is 17.8 Å². The summed E-state index contributed by atoms with van der Waals surface area (Å²) in [4.78, 5) is 29.7. The zero-order chi connectivity index (χ0) is 16.7. The normalized spacial score (nSPS) is 13.2. The molecule has 3 rings (SSSR count). The molecule has 116 valence electrons. The largest absolute Gasteiger partial charge is 0.479 e. The molecule has 2 amide bonds. The predicted octanol–water partition coefficient (Wildman–Crippen LogP) is 3.06. The van der Waals surface area contributed by atoms with Crippen LogP contribution in [0.1, 0.15) is 25.2 Å².